The van der Waals surface area contributed by atoms with Crippen molar-refractivity contribution in [2.45, 2.75) is 6.10 Å². The van der Waals surface area contributed by atoms with E-state index in [9.17, 15) is 13.5 Å². The number of nitrogens with one attached hydrogen (secondary N) is 2. The second-order valence-electron chi connectivity index (χ2n) is 5.77. The third-order valence-electron chi connectivity index (χ3n) is 3.54. The number of aliphatic hydroxyl groups excluding tert-OH is 1. The first kappa shape index (κ1) is 20.1. The van der Waals surface area contributed by atoms with Gasteiger partial charge in [0.1, 0.15) is 12.4 Å². The van der Waals surface area contributed by atoms with Gasteiger partial charge in [0.05, 0.1) is 11.8 Å². The van der Waals surface area contributed by atoms with Crippen molar-refractivity contribution in [2.75, 3.05) is 38.5 Å². The zero-order chi connectivity index (χ0) is 19.0. The van der Waals surface area contributed by atoms with E-state index in [1.54, 1.807) is 42.7 Å². The molecule has 0 amide bonds. The van der Waals surface area contributed by atoms with Gasteiger partial charge in [-0.15, -0.1) is 0 Å². The van der Waals surface area contributed by atoms with Crippen molar-refractivity contribution in [1.82, 2.24) is 14.6 Å². The Labute approximate surface area is 154 Å². The van der Waals surface area contributed by atoms with Gasteiger partial charge in [-0.05, 0) is 30.3 Å². The predicted octanol–water partition coefficient (Wildman–Crippen LogP) is 1.00. The molecule has 26 heavy (non-hydrogen) atoms. The topological polar surface area (TPSA) is 104 Å². The van der Waals surface area contributed by atoms with Gasteiger partial charge in [0.15, 0.2) is 0 Å². The number of hydrogen-bond acceptors (Lipinski definition) is 6. The maximum atomic E-state index is 11.7. The second-order valence-corrected chi connectivity index (χ2v) is 7.65. The van der Waals surface area contributed by atoms with E-state index in [-0.39, 0.29) is 0 Å². The van der Waals surface area contributed by atoms with Crippen LogP contribution in [-0.4, -0.2) is 56.6 Å². The van der Waals surface area contributed by atoms with E-state index in [0.717, 1.165) is 9.87 Å². The van der Waals surface area contributed by atoms with Crippen molar-refractivity contribution in [3.63, 3.8) is 0 Å². The lowest BCUT2D eigenvalue weighted by atomic mass is 10.1. The minimum Gasteiger partial charge on any atom is -0.492 e. The SMILES string of the molecule is CN(C)S(=O)(=O)Nc1ccc(OCCNCC(O)c2cccnc2)cc1. The third kappa shape index (κ3) is 6.26. The van der Waals surface area contributed by atoms with E-state index >= 15 is 0 Å². The maximum Gasteiger partial charge on any atom is 0.301 e. The largest absolute Gasteiger partial charge is 0.492 e. The summed E-state index contributed by atoms with van der Waals surface area (Å²) < 4.78 is 32.6. The number of nitrogens with zero attached hydrogens (tertiary/aromatic N) is 2. The summed E-state index contributed by atoms with van der Waals surface area (Å²) in [4.78, 5) is 3.97. The fraction of sp³-hybridized carbons (Fsp3) is 0.353. The maximum absolute atomic E-state index is 11.7. The Bertz CT molecular complexity index is 767. The van der Waals surface area contributed by atoms with Crippen molar-refractivity contribution < 1.29 is 18.3 Å². The van der Waals surface area contributed by atoms with Gasteiger partial charge >= 0.3 is 10.2 Å². The lowest BCUT2D eigenvalue weighted by Gasteiger charge is -2.14. The molecule has 0 radical (unpaired) electrons. The summed E-state index contributed by atoms with van der Waals surface area (Å²) in [6.07, 6.45) is 2.68. The van der Waals surface area contributed by atoms with Crippen molar-refractivity contribution in [3.05, 3.63) is 54.4 Å². The molecule has 0 aliphatic carbocycles. The zero-order valence-corrected chi connectivity index (χ0v) is 15.6. The highest BCUT2D eigenvalue weighted by Crippen LogP contribution is 2.17. The first-order valence-corrected chi connectivity index (χ1v) is 9.54. The molecule has 142 valence electrons. The Morgan fingerprint density at radius 3 is 2.58 bits per heavy atom. The molecule has 0 spiro atoms. The first-order chi connectivity index (χ1) is 12.4. The van der Waals surface area contributed by atoms with Crippen LogP contribution in [0.15, 0.2) is 48.8 Å². The van der Waals surface area contributed by atoms with Gasteiger partial charge in [0.2, 0.25) is 0 Å². The van der Waals surface area contributed by atoms with Gasteiger partial charge in [-0.1, -0.05) is 6.07 Å². The summed E-state index contributed by atoms with van der Waals surface area (Å²) in [5.41, 5.74) is 1.22. The molecule has 1 unspecified atom stereocenters. The molecular formula is C17H24N4O4S. The Hall–Kier alpha value is -2.20. The molecule has 0 fully saturated rings. The van der Waals surface area contributed by atoms with Gasteiger partial charge in [0.25, 0.3) is 0 Å². The minimum absolute atomic E-state index is 0.403. The predicted molar refractivity (Wildman–Crippen MR) is 100 cm³/mol. The standard InChI is InChI=1S/C17H24N4O4S/c1-21(2)26(23,24)20-15-5-7-16(8-6-15)25-11-10-19-13-17(22)14-4-3-9-18-12-14/h3-9,12,17,19-20,22H,10-11,13H2,1-2H3. The van der Waals surface area contributed by atoms with Crippen LogP contribution in [0.25, 0.3) is 0 Å². The second kappa shape index (κ2) is 9.48. The van der Waals surface area contributed by atoms with Gasteiger partial charge in [-0.3, -0.25) is 9.71 Å². The number of rotatable bonds is 10. The van der Waals surface area contributed by atoms with Crippen molar-refractivity contribution >= 4 is 15.9 Å². The van der Waals surface area contributed by atoms with E-state index in [4.69, 9.17) is 4.74 Å². The molecule has 0 saturated heterocycles. The average Bonchev–Trinajstić information content (AvgIpc) is 2.63. The van der Waals surface area contributed by atoms with Crippen molar-refractivity contribution in [2.24, 2.45) is 0 Å². The van der Waals surface area contributed by atoms with Crippen LogP contribution in [0, 0.1) is 0 Å². The highest BCUT2D eigenvalue weighted by atomic mass is 32.2. The van der Waals surface area contributed by atoms with Crippen LogP contribution in [0.3, 0.4) is 0 Å². The van der Waals surface area contributed by atoms with Crippen LogP contribution in [0.4, 0.5) is 5.69 Å². The highest BCUT2D eigenvalue weighted by Gasteiger charge is 2.12. The van der Waals surface area contributed by atoms with Crippen LogP contribution >= 0.6 is 0 Å². The van der Waals surface area contributed by atoms with E-state index in [1.165, 1.54) is 14.1 Å². The highest BCUT2D eigenvalue weighted by molar-refractivity contribution is 7.90. The Kier molecular flexibility index (Phi) is 7.34. The molecule has 0 aliphatic rings. The van der Waals surface area contributed by atoms with Gasteiger partial charge < -0.3 is 15.2 Å². The smallest absolute Gasteiger partial charge is 0.301 e. The lowest BCUT2D eigenvalue weighted by Crippen LogP contribution is -2.28. The van der Waals surface area contributed by atoms with E-state index in [1.807, 2.05) is 6.07 Å². The molecule has 2 aromatic rings. The van der Waals surface area contributed by atoms with E-state index in [2.05, 4.69) is 15.0 Å². The fourth-order valence-corrected chi connectivity index (χ4v) is 2.65. The molecular weight excluding hydrogens is 356 g/mol. The van der Waals surface area contributed by atoms with Crippen LogP contribution in [0.5, 0.6) is 5.75 Å². The third-order valence-corrected chi connectivity index (χ3v) is 4.99. The number of anilines is 1. The summed E-state index contributed by atoms with van der Waals surface area (Å²) in [6.45, 7) is 1.38. The van der Waals surface area contributed by atoms with Crippen LogP contribution in [-0.2, 0) is 10.2 Å². The lowest BCUT2D eigenvalue weighted by molar-refractivity contribution is 0.171. The molecule has 0 saturated carbocycles. The number of pyridine rings is 1. The molecule has 3 N–H and O–H groups in total. The molecule has 2 rings (SSSR count). The Morgan fingerprint density at radius 2 is 1.96 bits per heavy atom. The molecule has 8 nitrogen and oxygen atoms in total. The average molecular weight is 380 g/mol. The fourth-order valence-electron chi connectivity index (χ4n) is 2.03. The molecule has 1 atom stereocenters. The van der Waals surface area contributed by atoms with Crippen LogP contribution in [0.2, 0.25) is 0 Å². The summed E-state index contributed by atoms with van der Waals surface area (Å²) in [5, 5.41) is 13.1. The Balaban J connectivity index is 1.70. The van der Waals surface area contributed by atoms with Crippen LogP contribution in [0.1, 0.15) is 11.7 Å². The quantitative estimate of drug-likeness (QED) is 0.532. The number of hydrogen-bond donors (Lipinski definition) is 3. The van der Waals surface area contributed by atoms with Crippen molar-refractivity contribution in [3.8, 4) is 5.75 Å². The number of ether oxygens (including phenoxy) is 1. The normalized spacial score (nSPS) is 12.8. The molecule has 1 aromatic carbocycles. The van der Waals surface area contributed by atoms with E-state index in [0.29, 0.717) is 31.1 Å². The number of benzene rings is 1. The molecule has 1 aromatic heterocycles. The molecule has 0 bridgehead atoms. The summed E-state index contributed by atoms with van der Waals surface area (Å²) in [6, 6.07) is 10.3. The number of aromatic nitrogens is 1. The monoisotopic (exact) mass is 380 g/mol. The van der Waals surface area contributed by atoms with E-state index < -0.39 is 16.3 Å². The summed E-state index contributed by atoms with van der Waals surface area (Å²) in [7, 11) is -0.602. The summed E-state index contributed by atoms with van der Waals surface area (Å²) >= 11 is 0. The van der Waals surface area contributed by atoms with Gasteiger partial charge in [-0.2, -0.15) is 12.7 Å². The molecule has 1 heterocycles. The minimum atomic E-state index is -3.52. The first-order valence-electron chi connectivity index (χ1n) is 8.10. The molecule has 9 heteroatoms. The van der Waals surface area contributed by atoms with Crippen LogP contribution < -0.4 is 14.8 Å². The molecule has 0 aliphatic heterocycles. The van der Waals surface area contributed by atoms with Crippen molar-refractivity contribution in [1.29, 1.82) is 0 Å². The van der Waals surface area contributed by atoms with Gasteiger partial charge in [-0.25, -0.2) is 0 Å². The number of aliphatic hydroxyl groups is 1. The summed E-state index contributed by atoms with van der Waals surface area (Å²) in [5.74, 6) is 0.632. The zero-order valence-electron chi connectivity index (χ0n) is 14.8. The Morgan fingerprint density at radius 1 is 1.23 bits per heavy atom. The van der Waals surface area contributed by atoms with Gasteiger partial charge in [0, 0.05) is 45.1 Å².